The van der Waals surface area contributed by atoms with E-state index < -0.39 is 46.6 Å². The summed E-state index contributed by atoms with van der Waals surface area (Å²) < 4.78 is 48.8. The lowest BCUT2D eigenvalue weighted by Gasteiger charge is -2.36. The lowest BCUT2D eigenvalue weighted by atomic mass is 9.84. The lowest BCUT2D eigenvalue weighted by molar-refractivity contribution is -0.101. The van der Waals surface area contributed by atoms with Crippen LogP contribution in [0.2, 0.25) is 0 Å². The first kappa shape index (κ1) is 31.6. The third kappa shape index (κ3) is 5.21. The fraction of sp³-hybridized carbons (Fsp3) is 0.643. The summed E-state index contributed by atoms with van der Waals surface area (Å²) in [5.41, 5.74) is 11.4. The molecule has 2 aliphatic carbocycles. The summed E-state index contributed by atoms with van der Waals surface area (Å²) in [7, 11) is -1.64. The lowest BCUT2D eigenvalue weighted by Crippen LogP contribution is -2.45. The molecule has 8 rings (SSSR count). The molecule has 4 aliphatic heterocycles. The van der Waals surface area contributed by atoms with E-state index >= 15 is 0 Å². The molecular formula is C28H38N12O8S. The van der Waals surface area contributed by atoms with Crippen LogP contribution in [0.25, 0.3) is 0 Å². The number of piperidine rings is 2. The standard InChI is InChI=1S/C28H38N12O8S/c1-35(23(29)30)11-15-7-17(33-45-15)19-9-27(3-4-27)21-13-37(19)25(41)39(21)47-49(43,44)48-40-22-14-38(26(40)42)20(10-28(22)5-6-28)18-8-16(46-34-18)12-36(2)24(31)32/h7-8,19-22H,3-6,9-14H2,1-2H3,(H3,29,30)(H3,31,32)/t19-,20-,21-,22-/m0/s1. The van der Waals surface area contributed by atoms with Crippen molar-refractivity contribution in [3.8, 4) is 0 Å². The van der Waals surface area contributed by atoms with E-state index in [1.165, 1.54) is 19.6 Å². The van der Waals surface area contributed by atoms with E-state index in [1.807, 2.05) is 0 Å². The maximum absolute atomic E-state index is 13.7. The number of fused-ring (bicyclic) bond motifs is 6. The summed E-state index contributed by atoms with van der Waals surface area (Å²) in [4.78, 5) is 33.4. The van der Waals surface area contributed by atoms with E-state index in [1.54, 1.807) is 26.2 Å². The van der Waals surface area contributed by atoms with E-state index in [0.717, 1.165) is 35.8 Å². The molecule has 21 heteroatoms. The van der Waals surface area contributed by atoms with Gasteiger partial charge < -0.3 is 40.1 Å². The minimum atomic E-state index is -4.92. The van der Waals surface area contributed by atoms with Gasteiger partial charge in [-0.15, -0.1) is 8.57 Å². The number of urea groups is 2. The highest BCUT2D eigenvalue weighted by atomic mass is 32.3. The van der Waals surface area contributed by atoms with Gasteiger partial charge in [-0.3, -0.25) is 10.8 Å². The highest BCUT2D eigenvalue weighted by Crippen LogP contribution is 2.63. The second-order valence-corrected chi connectivity index (χ2v) is 15.3. The quantitative estimate of drug-likeness (QED) is 0.197. The van der Waals surface area contributed by atoms with Crippen molar-refractivity contribution in [2.45, 2.75) is 75.8 Å². The third-order valence-electron chi connectivity index (χ3n) is 11.1. The van der Waals surface area contributed by atoms with Crippen LogP contribution < -0.4 is 11.5 Å². The van der Waals surface area contributed by atoms with E-state index in [0.29, 0.717) is 35.7 Å². The topological polar surface area (TPSA) is 258 Å². The summed E-state index contributed by atoms with van der Waals surface area (Å²) in [5, 5.41) is 25.3. The number of hydrogen-bond donors (Lipinski definition) is 4. The van der Waals surface area contributed by atoms with Crippen LogP contribution in [0.15, 0.2) is 21.2 Å². The Labute approximate surface area is 281 Å². The predicted octanol–water partition coefficient (Wildman–Crippen LogP) is 0.784. The Bertz CT molecular complexity index is 1710. The SMILES string of the molecule is CN(Cc1cc([C@@H]2CC3(CC3)[C@@H]3CN2C(=O)N3OS(=O)(=O)ON2C(=O)N3C[C@H]2C2(CC2)C[C@H]3c2cc(CN(C)C(=N)N)on2)no1)C(=N)N. The van der Waals surface area contributed by atoms with Gasteiger partial charge in [0.2, 0.25) is 0 Å². The summed E-state index contributed by atoms with van der Waals surface area (Å²) in [6, 6.07) is 0.119. The Balaban J connectivity index is 0.973. The maximum Gasteiger partial charge on any atom is 0.442 e. The number of hydrogen-bond acceptors (Lipinski definition) is 12. The van der Waals surface area contributed by atoms with E-state index in [4.69, 9.17) is 39.9 Å². The average Bonchev–Trinajstić information content (AvgIpc) is 3.77. The molecule has 4 amide bonds. The molecule has 6 heterocycles. The van der Waals surface area contributed by atoms with Crippen molar-refractivity contribution in [2.75, 3.05) is 27.2 Å². The third-order valence-corrected chi connectivity index (χ3v) is 11.8. The molecule has 264 valence electrons. The fourth-order valence-corrected chi connectivity index (χ4v) is 8.68. The predicted molar refractivity (Wildman–Crippen MR) is 164 cm³/mol. The molecule has 2 aromatic heterocycles. The number of carbonyl (C=O) groups is 2. The highest BCUT2D eigenvalue weighted by Gasteiger charge is 2.66. The van der Waals surface area contributed by atoms with Crippen LogP contribution >= 0.6 is 0 Å². The number of amides is 4. The van der Waals surface area contributed by atoms with Crippen molar-refractivity contribution in [1.82, 2.24) is 40.0 Å². The monoisotopic (exact) mass is 702 g/mol. The van der Waals surface area contributed by atoms with Crippen LogP contribution in [0, 0.1) is 21.6 Å². The van der Waals surface area contributed by atoms with Crippen molar-refractivity contribution in [3.05, 3.63) is 35.0 Å². The zero-order valence-electron chi connectivity index (χ0n) is 26.9. The number of nitrogens with zero attached hydrogens (tertiary/aromatic N) is 8. The maximum atomic E-state index is 13.7. The van der Waals surface area contributed by atoms with Crippen LogP contribution in [0.5, 0.6) is 0 Å². The van der Waals surface area contributed by atoms with E-state index in [2.05, 4.69) is 10.3 Å². The van der Waals surface area contributed by atoms with Crippen molar-refractivity contribution in [1.29, 1.82) is 10.8 Å². The number of aromatic nitrogens is 2. The fourth-order valence-electron chi connectivity index (χ4n) is 7.93. The molecule has 4 bridgehead atoms. The molecule has 6 N–H and O–H groups in total. The summed E-state index contributed by atoms with van der Waals surface area (Å²) in [6.07, 6.45) is 4.17. The van der Waals surface area contributed by atoms with Crippen LogP contribution in [0.3, 0.4) is 0 Å². The Morgan fingerprint density at radius 3 is 1.57 bits per heavy atom. The molecule has 20 nitrogen and oxygen atoms in total. The van der Waals surface area contributed by atoms with Gasteiger partial charge in [0, 0.05) is 39.3 Å². The van der Waals surface area contributed by atoms with Gasteiger partial charge in [-0.05, 0) is 49.4 Å². The number of nitrogens with one attached hydrogen (secondary N) is 2. The smallest absolute Gasteiger partial charge is 0.370 e. The van der Waals surface area contributed by atoms with Gasteiger partial charge in [-0.25, -0.2) is 9.59 Å². The number of nitrogens with two attached hydrogens (primary N) is 2. The Morgan fingerprint density at radius 1 is 0.837 bits per heavy atom. The van der Waals surface area contributed by atoms with E-state index in [9.17, 15) is 18.0 Å². The molecule has 2 saturated carbocycles. The van der Waals surface area contributed by atoms with Crippen molar-refractivity contribution in [3.63, 3.8) is 0 Å². The van der Waals surface area contributed by atoms with Gasteiger partial charge >= 0.3 is 22.5 Å². The molecule has 49 heavy (non-hydrogen) atoms. The van der Waals surface area contributed by atoms with Crippen molar-refractivity contribution in [2.24, 2.45) is 22.3 Å². The Kier molecular flexibility index (Phi) is 6.90. The second kappa shape index (κ2) is 10.7. The van der Waals surface area contributed by atoms with Crippen molar-refractivity contribution < 1.29 is 35.6 Å². The molecule has 2 aromatic rings. The Hall–Kier alpha value is -4.63. The molecule has 6 aliphatic rings. The molecule has 6 fully saturated rings. The number of guanidine groups is 2. The van der Waals surface area contributed by atoms with E-state index in [-0.39, 0.29) is 48.9 Å². The second-order valence-electron chi connectivity index (χ2n) is 14.2. The molecule has 4 atom stereocenters. The van der Waals surface area contributed by atoms with Gasteiger partial charge in [0.15, 0.2) is 23.4 Å². The van der Waals surface area contributed by atoms with Crippen molar-refractivity contribution >= 4 is 34.4 Å². The van der Waals surface area contributed by atoms with Gasteiger partial charge in [0.05, 0.1) is 37.3 Å². The first-order valence-electron chi connectivity index (χ1n) is 16.0. The van der Waals surface area contributed by atoms with Crippen LogP contribution in [-0.4, -0.2) is 112 Å². The first-order valence-corrected chi connectivity index (χ1v) is 17.4. The molecule has 0 aromatic carbocycles. The number of carbonyl (C=O) groups excluding carboxylic acids is 2. The molecular weight excluding hydrogens is 664 g/mol. The molecule has 4 saturated heterocycles. The van der Waals surface area contributed by atoms with Gasteiger partial charge in [0.25, 0.3) is 0 Å². The summed E-state index contributed by atoms with van der Waals surface area (Å²) in [5.74, 6) is 0.659. The van der Waals surface area contributed by atoms with Gasteiger partial charge in [0.1, 0.15) is 11.4 Å². The molecule has 0 unspecified atom stereocenters. The largest absolute Gasteiger partial charge is 0.442 e. The Morgan fingerprint density at radius 2 is 1.22 bits per heavy atom. The minimum Gasteiger partial charge on any atom is -0.370 e. The zero-order chi connectivity index (χ0) is 34.6. The molecule has 0 radical (unpaired) electrons. The minimum absolute atomic E-state index is 0.135. The van der Waals surface area contributed by atoms with Crippen LogP contribution in [0.4, 0.5) is 9.59 Å². The van der Waals surface area contributed by atoms with Crippen LogP contribution in [0.1, 0.15) is 73.5 Å². The first-order chi connectivity index (χ1) is 23.2. The normalized spacial score (nSPS) is 27.4. The van der Waals surface area contributed by atoms with Gasteiger partial charge in [-0.2, -0.15) is 18.5 Å². The summed E-state index contributed by atoms with van der Waals surface area (Å²) in [6.45, 7) is 0.881. The van der Waals surface area contributed by atoms with Crippen LogP contribution in [-0.2, 0) is 32.1 Å². The highest BCUT2D eigenvalue weighted by molar-refractivity contribution is 7.81. The van der Waals surface area contributed by atoms with Gasteiger partial charge in [-0.1, -0.05) is 10.3 Å². The zero-order valence-corrected chi connectivity index (χ0v) is 27.8. The number of hydroxylamine groups is 4. The number of rotatable bonds is 10. The average molecular weight is 703 g/mol. The molecule has 2 spiro atoms. The summed E-state index contributed by atoms with van der Waals surface area (Å²) >= 11 is 0.